The van der Waals surface area contributed by atoms with Crippen LogP contribution in [0.25, 0.3) is 0 Å². The molecule has 1 atom stereocenters. The highest BCUT2D eigenvalue weighted by Crippen LogP contribution is 2.32. The number of rotatable bonds is 2. The number of hydrogen-bond donors (Lipinski definition) is 1. The monoisotopic (exact) mass is 261 g/mol. The molecule has 3 heteroatoms. The second-order valence-corrected chi connectivity index (χ2v) is 6.01. The van der Waals surface area contributed by atoms with E-state index in [1.165, 1.54) is 22.5 Å². The van der Waals surface area contributed by atoms with Crippen molar-refractivity contribution in [3.63, 3.8) is 0 Å². The Morgan fingerprint density at radius 3 is 2.94 bits per heavy atom. The van der Waals surface area contributed by atoms with Crippen LogP contribution in [0.15, 0.2) is 16.8 Å². The van der Waals surface area contributed by atoms with E-state index in [1.54, 1.807) is 11.3 Å². The van der Waals surface area contributed by atoms with E-state index in [-0.39, 0.29) is 6.10 Å². The van der Waals surface area contributed by atoms with Gasteiger partial charge in [-0.25, -0.2) is 0 Å². The molecule has 0 saturated heterocycles. The number of nitrogens with zero attached hydrogens (tertiary/aromatic N) is 1. The molecular formula is C15H19NOS. The van der Waals surface area contributed by atoms with Crippen LogP contribution in [0.5, 0.6) is 0 Å². The van der Waals surface area contributed by atoms with Gasteiger partial charge in [-0.3, -0.25) is 0 Å². The molecular weight excluding hydrogens is 242 g/mol. The van der Waals surface area contributed by atoms with Crippen molar-refractivity contribution in [2.75, 3.05) is 0 Å². The van der Waals surface area contributed by atoms with Crippen LogP contribution < -0.4 is 0 Å². The van der Waals surface area contributed by atoms with Crippen LogP contribution in [0, 0.1) is 13.8 Å². The van der Waals surface area contributed by atoms with E-state index in [0.29, 0.717) is 0 Å². The number of thiophene rings is 1. The number of aryl methyl sites for hydroxylation is 2. The molecule has 0 saturated carbocycles. The maximum absolute atomic E-state index is 10.1. The molecule has 3 rings (SSSR count). The highest BCUT2D eigenvalue weighted by molar-refractivity contribution is 7.08. The minimum absolute atomic E-state index is 0.253. The zero-order valence-corrected chi connectivity index (χ0v) is 11.8. The van der Waals surface area contributed by atoms with Gasteiger partial charge in [-0.15, -0.1) is 0 Å². The summed E-state index contributed by atoms with van der Waals surface area (Å²) in [6.07, 6.45) is 2.86. The van der Waals surface area contributed by atoms with Gasteiger partial charge in [0.05, 0.1) is 6.10 Å². The topological polar surface area (TPSA) is 25.2 Å². The summed E-state index contributed by atoms with van der Waals surface area (Å²) >= 11 is 1.77. The molecule has 1 aliphatic carbocycles. The van der Waals surface area contributed by atoms with Crippen molar-refractivity contribution in [3.8, 4) is 0 Å². The van der Waals surface area contributed by atoms with E-state index in [2.05, 4.69) is 35.2 Å². The molecule has 1 N–H and O–H groups in total. The maximum Gasteiger partial charge on any atom is 0.0807 e. The first-order valence-electron chi connectivity index (χ1n) is 6.55. The number of aromatic nitrogens is 1. The summed E-state index contributed by atoms with van der Waals surface area (Å²) in [7, 11) is 0. The lowest BCUT2D eigenvalue weighted by Gasteiger charge is -2.20. The Labute approximate surface area is 112 Å². The molecule has 1 aliphatic rings. The average molecular weight is 261 g/mol. The Morgan fingerprint density at radius 1 is 1.39 bits per heavy atom. The number of aliphatic hydroxyl groups is 1. The first kappa shape index (κ1) is 12.0. The lowest BCUT2D eigenvalue weighted by Crippen LogP contribution is -2.13. The molecule has 2 aromatic heterocycles. The minimum atomic E-state index is -0.253. The Balaban J connectivity index is 2.00. The molecule has 2 heterocycles. The largest absolute Gasteiger partial charge is 0.388 e. The average Bonchev–Trinajstić information content (AvgIpc) is 2.87. The van der Waals surface area contributed by atoms with Gasteiger partial charge >= 0.3 is 0 Å². The molecule has 0 bridgehead atoms. The molecule has 2 nitrogen and oxygen atoms in total. The lowest BCUT2D eigenvalue weighted by molar-refractivity contribution is 0.156. The second-order valence-electron chi connectivity index (χ2n) is 5.26. The van der Waals surface area contributed by atoms with Crippen LogP contribution in [0.1, 0.15) is 47.0 Å². The molecule has 0 aliphatic heterocycles. The van der Waals surface area contributed by atoms with Crippen LogP contribution in [-0.2, 0) is 13.0 Å². The van der Waals surface area contributed by atoms with Gasteiger partial charge < -0.3 is 9.67 Å². The van der Waals surface area contributed by atoms with Crippen molar-refractivity contribution < 1.29 is 5.11 Å². The highest BCUT2D eigenvalue weighted by atomic mass is 32.1. The quantitative estimate of drug-likeness (QED) is 0.878. The van der Waals surface area contributed by atoms with Crippen molar-refractivity contribution in [3.05, 3.63) is 44.9 Å². The third-order valence-corrected chi connectivity index (χ3v) is 4.90. The molecule has 2 aromatic rings. The standard InChI is InChI=1S/C15H19NOS/c1-10-8-18-9-12(10)7-16-11(2)6-13-14(16)4-3-5-15(13)17/h6,8-9,15,17H,3-5,7H2,1-2H3. The van der Waals surface area contributed by atoms with E-state index in [1.807, 2.05) is 0 Å². The predicted octanol–water partition coefficient (Wildman–Crippen LogP) is 3.58. The Kier molecular flexibility index (Phi) is 3.04. The lowest BCUT2D eigenvalue weighted by atomic mass is 9.95. The zero-order chi connectivity index (χ0) is 12.7. The van der Waals surface area contributed by atoms with Gasteiger partial charge in [0.25, 0.3) is 0 Å². The molecule has 96 valence electrons. The van der Waals surface area contributed by atoms with E-state index < -0.39 is 0 Å². The summed E-state index contributed by atoms with van der Waals surface area (Å²) < 4.78 is 2.38. The molecule has 0 aromatic carbocycles. The van der Waals surface area contributed by atoms with E-state index in [4.69, 9.17) is 0 Å². The van der Waals surface area contributed by atoms with Crippen LogP contribution in [0.3, 0.4) is 0 Å². The van der Waals surface area contributed by atoms with Gasteiger partial charge in [-0.1, -0.05) is 0 Å². The van der Waals surface area contributed by atoms with Gasteiger partial charge in [-0.05, 0) is 61.1 Å². The van der Waals surface area contributed by atoms with E-state index in [9.17, 15) is 5.11 Å². The summed E-state index contributed by atoms with van der Waals surface area (Å²) in [5, 5.41) is 14.5. The molecule has 0 radical (unpaired) electrons. The Morgan fingerprint density at radius 2 is 2.22 bits per heavy atom. The Bertz CT molecular complexity index is 567. The first-order valence-corrected chi connectivity index (χ1v) is 7.49. The fourth-order valence-corrected chi connectivity index (χ4v) is 3.73. The summed E-state index contributed by atoms with van der Waals surface area (Å²) in [6.45, 7) is 5.27. The number of aliphatic hydroxyl groups excluding tert-OH is 1. The predicted molar refractivity (Wildman–Crippen MR) is 75.2 cm³/mol. The van der Waals surface area contributed by atoms with Crippen LogP contribution in [-0.4, -0.2) is 9.67 Å². The summed E-state index contributed by atoms with van der Waals surface area (Å²) in [5.41, 5.74) is 6.55. The van der Waals surface area contributed by atoms with Crippen molar-refractivity contribution in [2.45, 2.75) is 45.8 Å². The highest BCUT2D eigenvalue weighted by Gasteiger charge is 2.23. The smallest absolute Gasteiger partial charge is 0.0807 e. The van der Waals surface area contributed by atoms with Crippen molar-refractivity contribution in [1.29, 1.82) is 0 Å². The second kappa shape index (κ2) is 4.56. The van der Waals surface area contributed by atoms with E-state index >= 15 is 0 Å². The van der Waals surface area contributed by atoms with Crippen LogP contribution >= 0.6 is 11.3 Å². The molecule has 18 heavy (non-hydrogen) atoms. The molecule has 0 fully saturated rings. The molecule has 1 unspecified atom stereocenters. The third kappa shape index (κ3) is 1.91. The SMILES string of the molecule is Cc1cscc1Cn1c(C)cc2c1CCCC2O. The normalized spacial score (nSPS) is 18.9. The number of fused-ring (bicyclic) bond motifs is 1. The van der Waals surface area contributed by atoms with Crippen molar-refractivity contribution in [2.24, 2.45) is 0 Å². The summed E-state index contributed by atoms with van der Waals surface area (Å²) in [6, 6.07) is 2.17. The summed E-state index contributed by atoms with van der Waals surface area (Å²) in [5.74, 6) is 0. The number of hydrogen-bond acceptors (Lipinski definition) is 2. The maximum atomic E-state index is 10.1. The fraction of sp³-hybridized carbons (Fsp3) is 0.467. The van der Waals surface area contributed by atoms with Gasteiger partial charge in [0.15, 0.2) is 0 Å². The van der Waals surface area contributed by atoms with Gasteiger partial charge in [0.1, 0.15) is 0 Å². The first-order chi connectivity index (χ1) is 8.66. The van der Waals surface area contributed by atoms with Crippen molar-refractivity contribution in [1.82, 2.24) is 4.57 Å². The zero-order valence-electron chi connectivity index (χ0n) is 10.9. The Hall–Kier alpha value is -1.06. The van der Waals surface area contributed by atoms with Gasteiger partial charge in [0, 0.05) is 23.5 Å². The van der Waals surface area contributed by atoms with Gasteiger partial charge in [-0.2, -0.15) is 11.3 Å². The third-order valence-electron chi connectivity index (χ3n) is 3.99. The van der Waals surface area contributed by atoms with Crippen LogP contribution in [0.4, 0.5) is 0 Å². The minimum Gasteiger partial charge on any atom is -0.388 e. The summed E-state index contributed by atoms with van der Waals surface area (Å²) in [4.78, 5) is 0. The van der Waals surface area contributed by atoms with Crippen molar-refractivity contribution >= 4 is 11.3 Å². The molecule has 0 spiro atoms. The molecule has 0 amide bonds. The van der Waals surface area contributed by atoms with Crippen LogP contribution in [0.2, 0.25) is 0 Å². The fourth-order valence-electron chi connectivity index (χ4n) is 2.88. The van der Waals surface area contributed by atoms with E-state index in [0.717, 1.165) is 31.4 Å². The van der Waals surface area contributed by atoms with Gasteiger partial charge in [0.2, 0.25) is 0 Å².